The molecule has 0 fully saturated rings. The fourth-order valence-electron chi connectivity index (χ4n) is 1.70. The molecule has 0 spiro atoms. The van der Waals surface area contributed by atoms with Gasteiger partial charge in [0.1, 0.15) is 5.82 Å². The molecule has 104 valence electrons. The van der Waals surface area contributed by atoms with Gasteiger partial charge in [0.2, 0.25) is 5.82 Å². The molecule has 0 bridgehead atoms. The maximum absolute atomic E-state index is 11.0. The molecule has 2 rings (SSSR count). The Morgan fingerprint density at radius 1 is 1.35 bits per heavy atom. The summed E-state index contributed by atoms with van der Waals surface area (Å²) in [5, 5.41) is 17.4. The van der Waals surface area contributed by atoms with Crippen LogP contribution in [0.2, 0.25) is 5.02 Å². The van der Waals surface area contributed by atoms with Crippen LogP contribution in [0.5, 0.6) is 0 Å². The summed E-state index contributed by atoms with van der Waals surface area (Å²) >= 11 is 5.89. The number of anilines is 2. The predicted molar refractivity (Wildman–Crippen MR) is 79.2 cm³/mol. The smallest absolute Gasteiger partial charge is 0.311 e. The molecule has 0 aliphatic carbocycles. The van der Waals surface area contributed by atoms with Crippen LogP contribution in [0.25, 0.3) is 0 Å². The number of rotatable bonds is 5. The Balaban J connectivity index is 2.21. The van der Waals surface area contributed by atoms with Gasteiger partial charge in [-0.25, -0.2) is 4.98 Å². The molecule has 0 saturated carbocycles. The van der Waals surface area contributed by atoms with Gasteiger partial charge in [-0.3, -0.25) is 10.1 Å². The van der Waals surface area contributed by atoms with E-state index in [2.05, 4.69) is 15.6 Å². The minimum atomic E-state index is -0.466. The number of nitrogens with one attached hydrogen (secondary N) is 2. The highest BCUT2D eigenvalue weighted by Gasteiger charge is 2.15. The van der Waals surface area contributed by atoms with Gasteiger partial charge in [-0.05, 0) is 23.8 Å². The summed E-state index contributed by atoms with van der Waals surface area (Å²) in [5.41, 5.74) is 0.856. The van der Waals surface area contributed by atoms with Crippen LogP contribution in [0.3, 0.4) is 0 Å². The van der Waals surface area contributed by atoms with Crippen LogP contribution in [0, 0.1) is 10.1 Å². The lowest BCUT2D eigenvalue weighted by molar-refractivity contribution is -0.384. The first kappa shape index (κ1) is 14.1. The molecule has 0 radical (unpaired) electrons. The molecule has 0 aliphatic rings. The van der Waals surface area contributed by atoms with Gasteiger partial charge >= 0.3 is 5.69 Å². The zero-order valence-electron chi connectivity index (χ0n) is 10.8. The second kappa shape index (κ2) is 6.21. The van der Waals surface area contributed by atoms with Crippen LogP contribution in [-0.2, 0) is 6.54 Å². The van der Waals surface area contributed by atoms with Crippen molar-refractivity contribution in [1.29, 1.82) is 0 Å². The number of aromatic nitrogens is 1. The number of hydrogen-bond acceptors (Lipinski definition) is 5. The molecule has 0 saturated heterocycles. The molecule has 0 amide bonds. The van der Waals surface area contributed by atoms with Crippen molar-refractivity contribution in [2.45, 2.75) is 6.54 Å². The summed E-state index contributed by atoms with van der Waals surface area (Å²) in [6.45, 7) is 0.404. The first-order chi connectivity index (χ1) is 9.60. The highest BCUT2D eigenvalue weighted by atomic mass is 35.5. The summed E-state index contributed by atoms with van der Waals surface area (Å²) in [5.74, 6) is 0.783. The fourth-order valence-corrected chi connectivity index (χ4v) is 1.91. The second-order valence-electron chi connectivity index (χ2n) is 4.05. The van der Waals surface area contributed by atoms with Crippen LogP contribution in [-0.4, -0.2) is 17.0 Å². The summed E-state index contributed by atoms with van der Waals surface area (Å²) in [4.78, 5) is 14.7. The van der Waals surface area contributed by atoms with Crippen molar-refractivity contribution in [1.82, 2.24) is 4.98 Å². The van der Waals surface area contributed by atoms with E-state index in [1.807, 2.05) is 12.1 Å². The van der Waals surface area contributed by atoms with Crippen molar-refractivity contribution in [3.63, 3.8) is 0 Å². The Bertz CT molecular complexity index is 634. The molecule has 0 aliphatic heterocycles. The van der Waals surface area contributed by atoms with Gasteiger partial charge in [-0.15, -0.1) is 0 Å². The molecular weight excluding hydrogens is 280 g/mol. The summed E-state index contributed by atoms with van der Waals surface area (Å²) < 4.78 is 0. The van der Waals surface area contributed by atoms with E-state index in [0.29, 0.717) is 17.4 Å². The van der Waals surface area contributed by atoms with Gasteiger partial charge < -0.3 is 10.6 Å². The van der Waals surface area contributed by atoms with Crippen LogP contribution in [0.1, 0.15) is 5.56 Å². The molecule has 0 unspecified atom stereocenters. The van der Waals surface area contributed by atoms with Gasteiger partial charge in [0.15, 0.2) is 0 Å². The lowest BCUT2D eigenvalue weighted by Crippen LogP contribution is -2.06. The van der Waals surface area contributed by atoms with Gasteiger partial charge in [-0.1, -0.05) is 23.7 Å². The SMILES string of the molecule is CNc1ccc([N+](=O)[O-])c(NCc2cccc(Cl)c2)n1. The third kappa shape index (κ3) is 3.36. The molecule has 1 aromatic carbocycles. The molecular formula is C13H13ClN4O2. The predicted octanol–water partition coefficient (Wildman–Crippen LogP) is 3.30. The third-order valence-corrected chi connectivity index (χ3v) is 2.91. The highest BCUT2D eigenvalue weighted by molar-refractivity contribution is 6.30. The molecule has 0 atom stereocenters. The average Bonchev–Trinajstić information content (AvgIpc) is 2.44. The largest absolute Gasteiger partial charge is 0.373 e. The Hall–Kier alpha value is -2.34. The number of nitro groups is 1. The van der Waals surface area contributed by atoms with E-state index in [1.165, 1.54) is 6.07 Å². The van der Waals surface area contributed by atoms with E-state index in [0.717, 1.165) is 5.56 Å². The quantitative estimate of drug-likeness (QED) is 0.653. The Morgan fingerprint density at radius 3 is 2.80 bits per heavy atom. The van der Waals surface area contributed by atoms with E-state index in [4.69, 9.17) is 11.6 Å². The molecule has 2 N–H and O–H groups in total. The molecule has 20 heavy (non-hydrogen) atoms. The van der Waals surface area contributed by atoms with E-state index in [9.17, 15) is 10.1 Å². The van der Waals surface area contributed by atoms with Crippen molar-refractivity contribution in [2.24, 2.45) is 0 Å². The number of hydrogen-bond donors (Lipinski definition) is 2. The zero-order chi connectivity index (χ0) is 14.5. The Morgan fingerprint density at radius 2 is 2.15 bits per heavy atom. The molecule has 1 aromatic heterocycles. The van der Waals surface area contributed by atoms with Gasteiger partial charge in [0.25, 0.3) is 0 Å². The number of pyridine rings is 1. The third-order valence-electron chi connectivity index (χ3n) is 2.68. The average molecular weight is 293 g/mol. The summed E-state index contributed by atoms with van der Waals surface area (Å²) in [6.07, 6.45) is 0. The van der Waals surface area contributed by atoms with Gasteiger partial charge in [0, 0.05) is 24.7 Å². The zero-order valence-corrected chi connectivity index (χ0v) is 11.5. The first-order valence-corrected chi connectivity index (χ1v) is 6.29. The maximum atomic E-state index is 11.0. The Kier molecular flexibility index (Phi) is 4.37. The van der Waals surface area contributed by atoms with Crippen molar-refractivity contribution in [2.75, 3.05) is 17.7 Å². The van der Waals surface area contributed by atoms with Crippen molar-refractivity contribution >= 4 is 28.9 Å². The first-order valence-electron chi connectivity index (χ1n) is 5.91. The minimum absolute atomic E-state index is 0.0639. The van der Waals surface area contributed by atoms with Gasteiger partial charge in [0.05, 0.1) is 4.92 Å². The highest BCUT2D eigenvalue weighted by Crippen LogP contribution is 2.24. The van der Waals surface area contributed by atoms with Crippen LogP contribution >= 0.6 is 11.6 Å². The van der Waals surface area contributed by atoms with E-state index in [1.54, 1.807) is 25.2 Å². The minimum Gasteiger partial charge on any atom is -0.373 e. The molecule has 1 heterocycles. The lowest BCUT2D eigenvalue weighted by atomic mass is 10.2. The topological polar surface area (TPSA) is 80.1 Å². The van der Waals surface area contributed by atoms with Crippen molar-refractivity contribution in [3.05, 3.63) is 57.1 Å². The second-order valence-corrected chi connectivity index (χ2v) is 4.49. The van der Waals surface area contributed by atoms with Crippen molar-refractivity contribution in [3.8, 4) is 0 Å². The molecule has 2 aromatic rings. The van der Waals surface area contributed by atoms with E-state index < -0.39 is 4.92 Å². The van der Waals surface area contributed by atoms with E-state index >= 15 is 0 Å². The normalized spacial score (nSPS) is 10.1. The fraction of sp³-hybridized carbons (Fsp3) is 0.154. The number of benzene rings is 1. The summed E-state index contributed by atoms with van der Waals surface area (Å²) in [7, 11) is 1.70. The molecule has 6 nitrogen and oxygen atoms in total. The van der Waals surface area contributed by atoms with Crippen LogP contribution < -0.4 is 10.6 Å². The maximum Gasteiger partial charge on any atom is 0.311 e. The van der Waals surface area contributed by atoms with Crippen LogP contribution in [0.4, 0.5) is 17.3 Å². The van der Waals surface area contributed by atoms with Gasteiger partial charge in [-0.2, -0.15) is 0 Å². The molecule has 7 heteroatoms. The standard InChI is InChI=1S/C13H13ClN4O2/c1-15-12-6-5-11(18(19)20)13(17-12)16-8-9-3-2-4-10(14)7-9/h2-7H,8H2,1H3,(H2,15,16,17). The lowest BCUT2D eigenvalue weighted by Gasteiger charge is -2.08. The number of nitrogens with zero attached hydrogens (tertiary/aromatic N) is 2. The van der Waals surface area contributed by atoms with Crippen LogP contribution in [0.15, 0.2) is 36.4 Å². The number of halogens is 1. The van der Waals surface area contributed by atoms with Crippen molar-refractivity contribution < 1.29 is 4.92 Å². The Labute approximate surface area is 120 Å². The monoisotopic (exact) mass is 292 g/mol. The summed E-state index contributed by atoms with van der Waals surface area (Å²) in [6, 6.07) is 10.2. The van der Waals surface area contributed by atoms with E-state index in [-0.39, 0.29) is 11.5 Å².